The fraction of sp³-hybridized carbons (Fsp3) is 0.391. The van der Waals surface area contributed by atoms with Crippen LogP contribution in [-0.4, -0.2) is 63.6 Å². The number of carbonyl (C=O) groups is 2. The zero-order chi connectivity index (χ0) is 23.8. The minimum atomic E-state index is -3.71. The van der Waals surface area contributed by atoms with Gasteiger partial charge in [0.05, 0.1) is 10.6 Å². The van der Waals surface area contributed by atoms with Crippen LogP contribution in [-0.2, 0) is 25.8 Å². The van der Waals surface area contributed by atoms with Crippen molar-refractivity contribution in [3.05, 3.63) is 51.5 Å². The lowest BCUT2D eigenvalue weighted by atomic mass is 10.2. The Balaban J connectivity index is 1.39. The van der Waals surface area contributed by atoms with Gasteiger partial charge in [0.25, 0.3) is 0 Å². The molecule has 1 saturated heterocycles. The zero-order valence-corrected chi connectivity index (χ0v) is 21.4. The first kappa shape index (κ1) is 24.0. The van der Waals surface area contributed by atoms with Gasteiger partial charge in [-0.15, -0.1) is 0 Å². The van der Waals surface area contributed by atoms with Crippen molar-refractivity contribution in [1.29, 1.82) is 0 Å². The highest BCUT2D eigenvalue weighted by atomic mass is 79.9. The first-order valence-corrected chi connectivity index (χ1v) is 13.6. The molecule has 2 amide bonds. The average Bonchev–Trinajstić information content (AvgIpc) is 3.20. The second-order valence-corrected chi connectivity index (χ2v) is 11.6. The van der Waals surface area contributed by atoms with Gasteiger partial charge in [0.15, 0.2) is 9.84 Å². The van der Waals surface area contributed by atoms with E-state index in [1.165, 1.54) is 6.92 Å². The van der Waals surface area contributed by atoms with Gasteiger partial charge < -0.3 is 14.7 Å². The Morgan fingerprint density at radius 1 is 1.06 bits per heavy atom. The molecule has 0 aromatic heterocycles. The van der Waals surface area contributed by atoms with E-state index in [4.69, 9.17) is 11.6 Å². The van der Waals surface area contributed by atoms with E-state index in [9.17, 15) is 18.0 Å². The molecular formula is C23H25BrClN3O4S. The van der Waals surface area contributed by atoms with Crippen LogP contribution in [0.25, 0.3) is 0 Å². The molecule has 0 spiro atoms. The lowest BCUT2D eigenvalue weighted by Gasteiger charge is -2.36. The summed E-state index contributed by atoms with van der Waals surface area (Å²) in [6.45, 7) is 4.39. The van der Waals surface area contributed by atoms with Crippen LogP contribution in [0, 0.1) is 0 Å². The second-order valence-electron chi connectivity index (χ2n) is 8.25. The molecule has 2 heterocycles. The van der Waals surface area contributed by atoms with Crippen LogP contribution in [0.15, 0.2) is 45.8 Å². The minimum absolute atomic E-state index is 0.0839. The normalized spacial score (nSPS) is 16.2. The Morgan fingerprint density at radius 2 is 1.79 bits per heavy atom. The van der Waals surface area contributed by atoms with Crippen LogP contribution < -0.4 is 9.80 Å². The molecule has 176 valence electrons. The van der Waals surface area contributed by atoms with Gasteiger partial charge in [-0.3, -0.25) is 9.59 Å². The molecule has 0 saturated carbocycles. The molecule has 2 aliphatic heterocycles. The van der Waals surface area contributed by atoms with E-state index < -0.39 is 9.84 Å². The Hall–Kier alpha value is -2.10. The fourth-order valence-corrected chi connectivity index (χ4v) is 6.96. The Morgan fingerprint density at radius 3 is 2.45 bits per heavy atom. The molecule has 0 radical (unpaired) electrons. The van der Waals surface area contributed by atoms with Gasteiger partial charge in [-0.1, -0.05) is 17.7 Å². The standard InChI is InChI=1S/C23H25BrClN3O4S/c1-16(29)28-7-5-17-13-20(24)22(15-21(17)28)33(31,32)12-6-23(30)27-10-8-26(9-11-27)19-4-2-3-18(25)14-19/h2-4,13-15H,5-12H2,1H3. The molecule has 1 fully saturated rings. The highest BCUT2D eigenvalue weighted by Gasteiger charge is 2.29. The summed E-state index contributed by atoms with van der Waals surface area (Å²) in [5, 5.41) is 0.667. The molecule has 0 unspecified atom stereocenters. The maximum absolute atomic E-state index is 13.1. The van der Waals surface area contributed by atoms with Crippen molar-refractivity contribution in [3.8, 4) is 0 Å². The number of sulfone groups is 1. The maximum atomic E-state index is 13.1. The number of piperazine rings is 1. The molecule has 2 aliphatic rings. The van der Waals surface area contributed by atoms with E-state index in [-0.39, 0.29) is 28.9 Å². The van der Waals surface area contributed by atoms with Crippen molar-refractivity contribution in [2.45, 2.75) is 24.7 Å². The zero-order valence-electron chi connectivity index (χ0n) is 18.3. The van der Waals surface area contributed by atoms with Gasteiger partial charge in [-0.05, 0) is 58.2 Å². The SMILES string of the molecule is CC(=O)N1CCc2cc(Br)c(S(=O)(=O)CCC(=O)N3CCN(c4cccc(Cl)c4)CC3)cc21. The number of hydrogen-bond donors (Lipinski definition) is 0. The number of nitrogens with zero attached hydrogens (tertiary/aromatic N) is 3. The van der Waals surface area contributed by atoms with Crippen molar-refractivity contribution in [3.63, 3.8) is 0 Å². The van der Waals surface area contributed by atoms with Crippen LogP contribution in [0.4, 0.5) is 11.4 Å². The Labute approximate surface area is 207 Å². The number of anilines is 2. The van der Waals surface area contributed by atoms with Crippen molar-refractivity contribution >= 4 is 60.6 Å². The summed E-state index contributed by atoms with van der Waals surface area (Å²) < 4.78 is 26.6. The van der Waals surface area contributed by atoms with E-state index in [0.717, 1.165) is 11.3 Å². The Kier molecular flexibility index (Phi) is 7.02. The topological polar surface area (TPSA) is 78.0 Å². The van der Waals surface area contributed by atoms with Crippen molar-refractivity contribution < 1.29 is 18.0 Å². The van der Waals surface area contributed by atoms with Crippen LogP contribution in [0.3, 0.4) is 0 Å². The van der Waals surface area contributed by atoms with E-state index >= 15 is 0 Å². The highest BCUT2D eigenvalue weighted by Crippen LogP contribution is 2.36. The van der Waals surface area contributed by atoms with E-state index in [2.05, 4.69) is 20.8 Å². The smallest absolute Gasteiger partial charge is 0.223 e. The van der Waals surface area contributed by atoms with Crippen LogP contribution in [0.5, 0.6) is 0 Å². The molecule has 0 bridgehead atoms. The predicted molar refractivity (Wildman–Crippen MR) is 133 cm³/mol. The van der Waals surface area contributed by atoms with Crippen molar-refractivity contribution in [2.75, 3.05) is 48.3 Å². The number of carbonyl (C=O) groups excluding carboxylic acids is 2. The largest absolute Gasteiger partial charge is 0.368 e. The van der Waals surface area contributed by atoms with E-state index in [1.54, 1.807) is 21.9 Å². The summed E-state index contributed by atoms with van der Waals surface area (Å²) in [6.07, 6.45) is 0.604. The summed E-state index contributed by atoms with van der Waals surface area (Å²) in [6, 6.07) is 10.9. The van der Waals surface area contributed by atoms with E-state index in [1.807, 2.05) is 24.3 Å². The molecule has 10 heteroatoms. The van der Waals surface area contributed by atoms with Gasteiger partial charge in [0, 0.05) is 66.9 Å². The monoisotopic (exact) mass is 553 g/mol. The van der Waals surface area contributed by atoms with E-state index in [0.29, 0.717) is 54.3 Å². The molecular weight excluding hydrogens is 530 g/mol. The van der Waals surface area contributed by atoms with Gasteiger partial charge in [0.1, 0.15) is 0 Å². The first-order chi connectivity index (χ1) is 15.7. The molecule has 0 N–H and O–H groups in total. The summed E-state index contributed by atoms with van der Waals surface area (Å²) in [5.41, 5.74) is 2.58. The lowest BCUT2D eigenvalue weighted by molar-refractivity contribution is -0.131. The number of rotatable bonds is 5. The third kappa shape index (κ3) is 5.20. The summed E-state index contributed by atoms with van der Waals surface area (Å²) in [5.74, 6) is -0.573. The lowest BCUT2D eigenvalue weighted by Crippen LogP contribution is -2.49. The summed E-state index contributed by atoms with van der Waals surface area (Å²) in [4.78, 5) is 30.2. The quantitative estimate of drug-likeness (QED) is 0.565. The third-order valence-electron chi connectivity index (χ3n) is 6.13. The van der Waals surface area contributed by atoms with Gasteiger partial charge in [-0.2, -0.15) is 0 Å². The van der Waals surface area contributed by atoms with Crippen LogP contribution in [0.2, 0.25) is 5.02 Å². The molecule has 2 aromatic rings. The molecule has 2 aromatic carbocycles. The molecule has 0 atom stereocenters. The maximum Gasteiger partial charge on any atom is 0.223 e. The summed E-state index contributed by atoms with van der Waals surface area (Å²) in [7, 11) is -3.71. The summed E-state index contributed by atoms with van der Waals surface area (Å²) >= 11 is 9.44. The van der Waals surface area contributed by atoms with Crippen molar-refractivity contribution in [1.82, 2.24) is 4.90 Å². The highest BCUT2D eigenvalue weighted by molar-refractivity contribution is 9.10. The van der Waals surface area contributed by atoms with Crippen LogP contribution in [0.1, 0.15) is 18.9 Å². The third-order valence-corrected chi connectivity index (χ3v) is 9.04. The van der Waals surface area contributed by atoms with Gasteiger partial charge >= 0.3 is 0 Å². The number of halogens is 2. The number of amides is 2. The van der Waals surface area contributed by atoms with Crippen molar-refractivity contribution in [2.24, 2.45) is 0 Å². The Bertz CT molecular complexity index is 1200. The number of benzene rings is 2. The number of fused-ring (bicyclic) bond motifs is 1. The second kappa shape index (κ2) is 9.64. The molecule has 4 rings (SSSR count). The predicted octanol–water partition coefficient (Wildman–Crippen LogP) is 3.52. The molecule has 0 aliphatic carbocycles. The van der Waals surface area contributed by atoms with Gasteiger partial charge in [0.2, 0.25) is 11.8 Å². The minimum Gasteiger partial charge on any atom is -0.368 e. The average molecular weight is 555 g/mol. The van der Waals surface area contributed by atoms with Crippen LogP contribution >= 0.6 is 27.5 Å². The van der Waals surface area contributed by atoms with Gasteiger partial charge in [-0.25, -0.2) is 8.42 Å². The molecule has 7 nitrogen and oxygen atoms in total. The fourth-order valence-electron chi connectivity index (χ4n) is 4.33. The molecule has 33 heavy (non-hydrogen) atoms. The first-order valence-electron chi connectivity index (χ1n) is 10.8. The number of hydrogen-bond acceptors (Lipinski definition) is 5.